The van der Waals surface area contributed by atoms with Crippen molar-refractivity contribution in [3.05, 3.63) is 54.6 Å². The summed E-state index contributed by atoms with van der Waals surface area (Å²) < 4.78 is 0. The highest BCUT2D eigenvalue weighted by molar-refractivity contribution is 5.88. The van der Waals surface area contributed by atoms with Gasteiger partial charge in [0.05, 0.1) is 6.54 Å². The molecular formula is C29H35N3O2. The third-order valence-electron chi connectivity index (χ3n) is 8.88. The first-order valence-corrected chi connectivity index (χ1v) is 13.1. The number of piperazine rings is 1. The Morgan fingerprint density at radius 3 is 2.03 bits per heavy atom. The molecule has 1 saturated heterocycles. The smallest absolute Gasteiger partial charge is 0.242 e. The number of hydrogen-bond donors (Lipinski definition) is 1. The van der Waals surface area contributed by atoms with Crippen LogP contribution in [0.15, 0.2) is 54.6 Å². The van der Waals surface area contributed by atoms with Gasteiger partial charge in [-0.2, -0.15) is 0 Å². The van der Waals surface area contributed by atoms with E-state index in [2.05, 4.69) is 58.7 Å². The predicted molar refractivity (Wildman–Crippen MR) is 134 cm³/mol. The molecule has 2 aromatic carbocycles. The van der Waals surface area contributed by atoms with Crippen molar-refractivity contribution in [2.24, 2.45) is 23.2 Å². The Hall–Kier alpha value is -2.82. The number of amides is 2. The second kappa shape index (κ2) is 8.75. The molecule has 34 heavy (non-hydrogen) atoms. The van der Waals surface area contributed by atoms with Crippen molar-refractivity contribution in [3.8, 4) is 11.1 Å². The standard InChI is InChI=1S/C29H35N3O2/c33-27(20-30-28(34)29-17-21-14-22(18-29)16-23(15-21)19-29)32-12-10-31(11-13-32)26-9-5-4-8-25(26)24-6-2-1-3-7-24/h1-9,21-23H,10-20H2,(H,30,34). The van der Waals surface area contributed by atoms with Gasteiger partial charge in [-0.25, -0.2) is 0 Å². The molecule has 0 atom stereocenters. The van der Waals surface area contributed by atoms with Crippen LogP contribution >= 0.6 is 0 Å². The largest absolute Gasteiger partial charge is 0.367 e. The average Bonchev–Trinajstić information content (AvgIpc) is 2.87. The molecule has 4 bridgehead atoms. The summed E-state index contributed by atoms with van der Waals surface area (Å²) in [5.41, 5.74) is 3.47. The van der Waals surface area contributed by atoms with Gasteiger partial charge in [-0.1, -0.05) is 48.5 Å². The van der Waals surface area contributed by atoms with Gasteiger partial charge in [0.2, 0.25) is 11.8 Å². The number of benzene rings is 2. The molecular weight excluding hydrogens is 422 g/mol. The Labute approximate surface area is 202 Å². The molecule has 5 heteroatoms. The van der Waals surface area contributed by atoms with E-state index in [0.717, 1.165) is 50.1 Å². The van der Waals surface area contributed by atoms with Crippen LogP contribution in [0.25, 0.3) is 11.1 Å². The molecule has 0 spiro atoms. The van der Waals surface area contributed by atoms with Crippen LogP contribution in [-0.2, 0) is 9.59 Å². The highest BCUT2D eigenvalue weighted by atomic mass is 16.2. The summed E-state index contributed by atoms with van der Waals surface area (Å²) in [5, 5.41) is 3.07. The molecule has 1 N–H and O–H groups in total. The molecule has 4 aliphatic carbocycles. The summed E-state index contributed by atoms with van der Waals surface area (Å²) in [6.07, 6.45) is 7.09. The molecule has 2 amide bonds. The Balaban J connectivity index is 1.05. The van der Waals surface area contributed by atoms with E-state index in [1.165, 1.54) is 36.1 Å². The first kappa shape index (κ1) is 21.7. The fourth-order valence-corrected chi connectivity index (χ4v) is 7.65. The first-order chi connectivity index (χ1) is 16.6. The van der Waals surface area contributed by atoms with Crippen LogP contribution in [0, 0.1) is 23.2 Å². The van der Waals surface area contributed by atoms with Crippen molar-refractivity contribution in [1.82, 2.24) is 10.2 Å². The molecule has 0 aromatic heterocycles. The van der Waals surface area contributed by atoms with E-state index in [1.54, 1.807) is 0 Å². The van der Waals surface area contributed by atoms with Crippen LogP contribution in [-0.4, -0.2) is 49.4 Å². The monoisotopic (exact) mass is 457 g/mol. The lowest BCUT2D eigenvalue weighted by Gasteiger charge is -2.55. The van der Waals surface area contributed by atoms with Crippen molar-refractivity contribution in [2.45, 2.75) is 38.5 Å². The molecule has 7 rings (SSSR count). The topological polar surface area (TPSA) is 52.7 Å². The van der Waals surface area contributed by atoms with Gasteiger partial charge in [0.15, 0.2) is 0 Å². The number of nitrogens with zero attached hydrogens (tertiary/aromatic N) is 2. The van der Waals surface area contributed by atoms with E-state index >= 15 is 0 Å². The van der Waals surface area contributed by atoms with Crippen molar-refractivity contribution in [1.29, 1.82) is 0 Å². The molecule has 5 nitrogen and oxygen atoms in total. The van der Waals surface area contributed by atoms with Gasteiger partial charge < -0.3 is 15.1 Å². The van der Waals surface area contributed by atoms with E-state index in [4.69, 9.17) is 0 Å². The quantitative estimate of drug-likeness (QED) is 0.727. The summed E-state index contributed by atoms with van der Waals surface area (Å²) in [6.45, 7) is 3.13. The van der Waals surface area contributed by atoms with Crippen molar-refractivity contribution in [3.63, 3.8) is 0 Å². The SMILES string of the molecule is O=C(CNC(=O)C12CC3CC(CC(C3)C1)C2)N1CCN(c2ccccc2-c2ccccc2)CC1. The Morgan fingerprint density at radius 1 is 0.794 bits per heavy atom. The van der Waals surface area contributed by atoms with Gasteiger partial charge in [0, 0.05) is 42.8 Å². The number of rotatable bonds is 5. The molecule has 4 saturated carbocycles. The van der Waals surface area contributed by atoms with E-state index in [-0.39, 0.29) is 23.8 Å². The van der Waals surface area contributed by atoms with Gasteiger partial charge in [-0.3, -0.25) is 9.59 Å². The molecule has 5 aliphatic rings. The minimum atomic E-state index is -0.186. The fraction of sp³-hybridized carbons (Fsp3) is 0.517. The van der Waals surface area contributed by atoms with Crippen LogP contribution in [0.2, 0.25) is 0 Å². The maximum Gasteiger partial charge on any atom is 0.242 e. The third kappa shape index (κ3) is 3.99. The number of carbonyl (C=O) groups excluding carboxylic acids is 2. The van der Waals surface area contributed by atoms with Crippen LogP contribution in [0.3, 0.4) is 0 Å². The molecule has 1 heterocycles. The molecule has 5 fully saturated rings. The maximum absolute atomic E-state index is 13.2. The molecule has 0 radical (unpaired) electrons. The van der Waals surface area contributed by atoms with Crippen molar-refractivity contribution in [2.75, 3.05) is 37.6 Å². The number of nitrogens with one attached hydrogen (secondary N) is 1. The van der Waals surface area contributed by atoms with E-state index in [9.17, 15) is 9.59 Å². The van der Waals surface area contributed by atoms with Crippen LogP contribution < -0.4 is 10.2 Å². The zero-order chi connectivity index (χ0) is 23.1. The number of para-hydroxylation sites is 1. The minimum Gasteiger partial charge on any atom is -0.367 e. The van der Waals surface area contributed by atoms with Gasteiger partial charge in [-0.05, 0) is 67.9 Å². The van der Waals surface area contributed by atoms with E-state index < -0.39 is 0 Å². The molecule has 2 aromatic rings. The van der Waals surface area contributed by atoms with Crippen LogP contribution in [0.4, 0.5) is 5.69 Å². The van der Waals surface area contributed by atoms with E-state index in [0.29, 0.717) is 13.1 Å². The highest BCUT2D eigenvalue weighted by Gasteiger charge is 2.54. The minimum absolute atomic E-state index is 0.0501. The van der Waals surface area contributed by atoms with Gasteiger partial charge >= 0.3 is 0 Å². The number of hydrogen-bond acceptors (Lipinski definition) is 3. The second-order valence-electron chi connectivity index (χ2n) is 11.1. The molecule has 178 valence electrons. The first-order valence-electron chi connectivity index (χ1n) is 13.1. The maximum atomic E-state index is 13.2. The third-order valence-corrected chi connectivity index (χ3v) is 8.88. The van der Waals surface area contributed by atoms with Crippen LogP contribution in [0.5, 0.6) is 0 Å². The lowest BCUT2D eigenvalue weighted by Crippen LogP contribution is -2.56. The zero-order valence-electron chi connectivity index (χ0n) is 19.9. The molecule has 1 aliphatic heterocycles. The van der Waals surface area contributed by atoms with E-state index in [1.807, 2.05) is 11.0 Å². The highest BCUT2D eigenvalue weighted by Crippen LogP contribution is 2.60. The van der Waals surface area contributed by atoms with Gasteiger partial charge in [0.25, 0.3) is 0 Å². The predicted octanol–water partition coefficient (Wildman–Crippen LogP) is 4.33. The normalized spacial score (nSPS) is 29.8. The summed E-state index contributed by atoms with van der Waals surface area (Å²) in [5.74, 6) is 2.41. The van der Waals surface area contributed by atoms with Crippen molar-refractivity contribution >= 4 is 17.5 Å². The Kier molecular flexibility index (Phi) is 5.59. The zero-order valence-corrected chi connectivity index (χ0v) is 19.9. The van der Waals surface area contributed by atoms with Gasteiger partial charge in [0.1, 0.15) is 0 Å². The Bertz CT molecular complexity index is 1020. The summed E-state index contributed by atoms with van der Waals surface area (Å²) in [6, 6.07) is 19.0. The summed E-state index contributed by atoms with van der Waals surface area (Å²) in [4.78, 5) is 30.5. The number of carbonyl (C=O) groups is 2. The number of anilines is 1. The molecule has 0 unspecified atom stereocenters. The Morgan fingerprint density at radius 2 is 1.38 bits per heavy atom. The second-order valence-corrected chi connectivity index (χ2v) is 11.1. The van der Waals surface area contributed by atoms with Gasteiger partial charge in [-0.15, -0.1) is 0 Å². The lowest BCUT2D eigenvalue weighted by molar-refractivity contribution is -0.148. The summed E-state index contributed by atoms with van der Waals surface area (Å²) >= 11 is 0. The van der Waals surface area contributed by atoms with Crippen molar-refractivity contribution < 1.29 is 9.59 Å². The average molecular weight is 458 g/mol. The fourth-order valence-electron chi connectivity index (χ4n) is 7.65. The summed E-state index contributed by atoms with van der Waals surface area (Å²) in [7, 11) is 0. The van der Waals surface area contributed by atoms with Crippen LogP contribution in [0.1, 0.15) is 38.5 Å². The lowest BCUT2D eigenvalue weighted by atomic mass is 9.49.